The molecular weight excluding hydrogens is 231 g/mol. The molecule has 18 heavy (non-hydrogen) atoms. The first-order chi connectivity index (χ1) is 8.58. The summed E-state index contributed by atoms with van der Waals surface area (Å²) in [6, 6.07) is 6.24. The minimum atomic E-state index is -0.800. The Hall–Kier alpha value is -1.68. The van der Waals surface area contributed by atoms with E-state index in [1.807, 2.05) is 6.92 Å². The lowest BCUT2D eigenvalue weighted by Gasteiger charge is -2.28. The first-order valence-corrected chi connectivity index (χ1v) is 6.14. The van der Waals surface area contributed by atoms with E-state index in [0.717, 1.165) is 36.2 Å². The van der Waals surface area contributed by atoms with Gasteiger partial charge in [0.05, 0.1) is 23.2 Å². The zero-order chi connectivity index (χ0) is 12.8. The summed E-state index contributed by atoms with van der Waals surface area (Å²) in [4.78, 5) is 0. The van der Waals surface area contributed by atoms with E-state index in [1.54, 1.807) is 23.0 Å². The van der Waals surface area contributed by atoms with Crippen molar-refractivity contribution in [2.24, 2.45) is 0 Å². The van der Waals surface area contributed by atoms with Gasteiger partial charge in [0.2, 0.25) is 0 Å². The first-order valence-electron chi connectivity index (χ1n) is 6.14. The van der Waals surface area contributed by atoms with Gasteiger partial charge in [0.15, 0.2) is 0 Å². The van der Waals surface area contributed by atoms with Gasteiger partial charge < -0.3 is 5.11 Å². The number of fused-ring (bicyclic) bond motifs is 1. The molecular formula is C14H15FN2O. The van der Waals surface area contributed by atoms with E-state index >= 15 is 0 Å². The Morgan fingerprint density at radius 3 is 2.78 bits per heavy atom. The quantitative estimate of drug-likeness (QED) is 0.839. The third kappa shape index (κ3) is 1.73. The van der Waals surface area contributed by atoms with Crippen LogP contribution >= 0.6 is 0 Å². The number of aliphatic hydroxyl groups is 1. The number of nitrogens with zero attached hydrogens (tertiary/aromatic N) is 2. The number of aromatic nitrogens is 2. The molecule has 0 saturated heterocycles. The van der Waals surface area contributed by atoms with Crippen LogP contribution in [0, 0.1) is 5.82 Å². The van der Waals surface area contributed by atoms with Crippen LogP contribution in [-0.2, 0) is 12.0 Å². The fourth-order valence-electron chi connectivity index (χ4n) is 2.60. The highest BCUT2D eigenvalue weighted by Gasteiger charge is 2.32. The van der Waals surface area contributed by atoms with Crippen LogP contribution in [0.25, 0.3) is 5.69 Å². The number of hydrogen-bond acceptors (Lipinski definition) is 2. The molecule has 3 rings (SSSR count). The SMILES string of the molecule is CC1(O)CCCc2c1cnn2-c1ccc(F)cc1. The van der Waals surface area contributed by atoms with Gasteiger partial charge in [-0.05, 0) is 50.5 Å². The highest BCUT2D eigenvalue weighted by molar-refractivity contribution is 5.38. The van der Waals surface area contributed by atoms with Crippen molar-refractivity contribution in [2.75, 3.05) is 0 Å². The highest BCUT2D eigenvalue weighted by Crippen LogP contribution is 2.35. The Kier molecular flexibility index (Phi) is 2.48. The molecule has 0 bridgehead atoms. The molecule has 1 aromatic heterocycles. The molecule has 2 aromatic rings. The summed E-state index contributed by atoms with van der Waals surface area (Å²) in [7, 11) is 0. The smallest absolute Gasteiger partial charge is 0.123 e. The van der Waals surface area contributed by atoms with Gasteiger partial charge in [-0.15, -0.1) is 0 Å². The molecule has 0 amide bonds. The number of hydrogen-bond donors (Lipinski definition) is 1. The topological polar surface area (TPSA) is 38.1 Å². The van der Waals surface area contributed by atoms with E-state index in [-0.39, 0.29) is 5.82 Å². The molecule has 1 aliphatic carbocycles. The molecule has 1 heterocycles. The van der Waals surface area contributed by atoms with Crippen molar-refractivity contribution < 1.29 is 9.50 Å². The summed E-state index contributed by atoms with van der Waals surface area (Å²) < 4.78 is 14.7. The molecule has 94 valence electrons. The fraction of sp³-hybridized carbons (Fsp3) is 0.357. The molecule has 0 radical (unpaired) electrons. The van der Waals surface area contributed by atoms with Gasteiger partial charge in [0.1, 0.15) is 5.82 Å². The van der Waals surface area contributed by atoms with Gasteiger partial charge in [-0.3, -0.25) is 0 Å². The van der Waals surface area contributed by atoms with Gasteiger partial charge in [0, 0.05) is 5.56 Å². The van der Waals surface area contributed by atoms with Crippen molar-refractivity contribution in [3.05, 3.63) is 47.5 Å². The molecule has 3 nitrogen and oxygen atoms in total. The second-order valence-corrected chi connectivity index (χ2v) is 5.02. The van der Waals surface area contributed by atoms with E-state index in [0.29, 0.717) is 0 Å². The van der Waals surface area contributed by atoms with E-state index in [1.165, 1.54) is 12.1 Å². The van der Waals surface area contributed by atoms with Gasteiger partial charge in [-0.1, -0.05) is 0 Å². The van der Waals surface area contributed by atoms with Crippen LogP contribution in [0.1, 0.15) is 31.0 Å². The van der Waals surface area contributed by atoms with Crippen molar-refractivity contribution in [1.82, 2.24) is 9.78 Å². The van der Waals surface area contributed by atoms with Gasteiger partial charge in [-0.25, -0.2) is 9.07 Å². The van der Waals surface area contributed by atoms with Crippen molar-refractivity contribution in [3.8, 4) is 5.69 Å². The van der Waals surface area contributed by atoms with Crippen LogP contribution in [0.5, 0.6) is 0 Å². The predicted molar refractivity (Wildman–Crippen MR) is 66.0 cm³/mol. The standard InChI is InChI=1S/C14H15FN2O/c1-14(18)8-2-3-13-12(14)9-16-17(13)11-6-4-10(15)5-7-11/h4-7,9,18H,2-3,8H2,1H3. The maximum Gasteiger partial charge on any atom is 0.123 e. The van der Waals surface area contributed by atoms with Crippen LogP contribution in [0.15, 0.2) is 30.5 Å². The molecule has 0 aliphatic heterocycles. The summed E-state index contributed by atoms with van der Waals surface area (Å²) >= 11 is 0. The minimum Gasteiger partial charge on any atom is -0.385 e. The second-order valence-electron chi connectivity index (χ2n) is 5.02. The van der Waals surface area contributed by atoms with Crippen LogP contribution in [0.3, 0.4) is 0 Å². The summed E-state index contributed by atoms with van der Waals surface area (Å²) in [5.41, 5.74) is 1.94. The predicted octanol–water partition coefficient (Wildman–Crippen LogP) is 2.56. The van der Waals surface area contributed by atoms with Gasteiger partial charge >= 0.3 is 0 Å². The van der Waals surface area contributed by atoms with Crippen molar-refractivity contribution in [1.29, 1.82) is 0 Å². The van der Waals surface area contributed by atoms with E-state index in [4.69, 9.17) is 0 Å². The molecule has 1 unspecified atom stereocenters. The Bertz CT molecular complexity index is 572. The zero-order valence-corrected chi connectivity index (χ0v) is 10.2. The lowest BCUT2D eigenvalue weighted by molar-refractivity contribution is 0.0384. The highest BCUT2D eigenvalue weighted by atomic mass is 19.1. The van der Waals surface area contributed by atoms with Crippen LogP contribution in [-0.4, -0.2) is 14.9 Å². The lowest BCUT2D eigenvalue weighted by atomic mass is 9.84. The third-order valence-electron chi connectivity index (χ3n) is 3.60. The molecule has 0 saturated carbocycles. The Labute approximate surface area is 105 Å². The van der Waals surface area contributed by atoms with Crippen molar-refractivity contribution >= 4 is 0 Å². The Morgan fingerprint density at radius 1 is 1.33 bits per heavy atom. The molecule has 0 fully saturated rings. The third-order valence-corrected chi connectivity index (χ3v) is 3.60. The summed E-state index contributed by atoms with van der Waals surface area (Å²) in [6.07, 6.45) is 4.31. The molecule has 0 spiro atoms. The lowest BCUT2D eigenvalue weighted by Crippen LogP contribution is -2.26. The summed E-state index contributed by atoms with van der Waals surface area (Å²) in [5.74, 6) is -0.258. The molecule has 1 atom stereocenters. The number of rotatable bonds is 1. The van der Waals surface area contributed by atoms with E-state index in [2.05, 4.69) is 5.10 Å². The van der Waals surface area contributed by atoms with Crippen LogP contribution < -0.4 is 0 Å². The monoisotopic (exact) mass is 246 g/mol. The van der Waals surface area contributed by atoms with Crippen LogP contribution in [0.4, 0.5) is 4.39 Å². The number of benzene rings is 1. The first kappa shape index (κ1) is 11.4. The molecule has 1 aliphatic rings. The van der Waals surface area contributed by atoms with E-state index < -0.39 is 5.60 Å². The minimum absolute atomic E-state index is 0.258. The van der Waals surface area contributed by atoms with Crippen molar-refractivity contribution in [2.45, 2.75) is 31.8 Å². The Morgan fingerprint density at radius 2 is 2.06 bits per heavy atom. The van der Waals surface area contributed by atoms with Gasteiger partial charge in [-0.2, -0.15) is 5.10 Å². The molecule has 4 heteroatoms. The average Bonchev–Trinajstić information content (AvgIpc) is 2.75. The molecule has 1 aromatic carbocycles. The van der Waals surface area contributed by atoms with E-state index in [9.17, 15) is 9.50 Å². The zero-order valence-electron chi connectivity index (χ0n) is 10.2. The van der Waals surface area contributed by atoms with Crippen molar-refractivity contribution in [3.63, 3.8) is 0 Å². The Balaban J connectivity index is 2.10. The maximum absolute atomic E-state index is 12.9. The van der Waals surface area contributed by atoms with Crippen LogP contribution in [0.2, 0.25) is 0 Å². The largest absolute Gasteiger partial charge is 0.385 e. The second kappa shape index (κ2) is 3.92. The average molecular weight is 246 g/mol. The fourth-order valence-corrected chi connectivity index (χ4v) is 2.60. The summed E-state index contributed by atoms with van der Waals surface area (Å²) in [5, 5.41) is 14.6. The molecule has 1 N–H and O–H groups in total. The summed E-state index contributed by atoms with van der Waals surface area (Å²) in [6.45, 7) is 1.82. The van der Waals surface area contributed by atoms with Gasteiger partial charge in [0.25, 0.3) is 0 Å². The normalized spacial score (nSPS) is 22.8. The maximum atomic E-state index is 12.9. The number of halogens is 1.